The fraction of sp³-hybridized carbons (Fsp3) is 0.400. The Morgan fingerprint density at radius 2 is 2.27 bits per heavy atom. The second kappa shape index (κ2) is 5.76. The van der Waals surface area contributed by atoms with Gasteiger partial charge in [-0.1, -0.05) is 0 Å². The Balaban J connectivity index is 1.79. The van der Waals surface area contributed by atoms with Gasteiger partial charge < -0.3 is 15.2 Å². The molecule has 3 heterocycles. The van der Waals surface area contributed by atoms with Gasteiger partial charge in [0.1, 0.15) is 6.10 Å². The van der Waals surface area contributed by atoms with Crippen LogP contribution in [0.5, 0.6) is 5.75 Å². The highest BCUT2D eigenvalue weighted by molar-refractivity contribution is 5.93. The molecule has 2 N–H and O–H groups in total. The fourth-order valence-electron chi connectivity index (χ4n) is 2.66. The molecule has 1 saturated heterocycles. The largest absolute Gasteiger partial charge is 0.504 e. The van der Waals surface area contributed by atoms with Crippen molar-refractivity contribution in [1.29, 1.82) is 0 Å². The van der Waals surface area contributed by atoms with Gasteiger partial charge in [0, 0.05) is 25.5 Å². The number of hydrogen-bond acceptors (Lipinski definition) is 5. The standard InChI is InChI=1S/C15H18N4O3/c1-9-3-4-12(20)14(17-9)18-15(21)10-6-8-22-13(10)11-5-7-16-19(11)2/h3-5,7,10,13,20H,6,8H2,1-2H3,(H,17,18,21)/t10-,13-/m1/s1. The number of rotatable bonds is 3. The second-order valence-corrected chi connectivity index (χ2v) is 5.38. The molecule has 1 amide bonds. The highest BCUT2D eigenvalue weighted by atomic mass is 16.5. The lowest BCUT2D eigenvalue weighted by molar-refractivity contribution is -0.121. The van der Waals surface area contributed by atoms with Crippen LogP contribution in [0.1, 0.15) is 23.9 Å². The van der Waals surface area contributed by atoms with Gasteiger partial charge in [0.05, 0.1) is 11.6 Å². The van der Waals surface area contributed by atoms with E-state index in [1.807, 2.05) is 13.1 Å². The second-order valence-electron chi connectivity index (χ2n) is 5.38. The molecular weight excluding hydrogens is 284 g/mol. The molecular formula is C15H18N4O3. The minimum absolute atomic E-state index is 0.0463. The molecule has 0 spiro atoms. The van der Waals surface area contributed by atoms with Crippen molar-refractivity contribution in [1.82, 2.24) is 14.8 Å². The Hall–Kier alpha value is -2.41. The van der Waals surface area contributed by atoms with Gasteiger partial charge in [-0.15, -0.1) is 0 Å². The van der Waals surface area contributed by atoms with E-state index in [2.05, 4.69) is 15.4 Å². The average Bonchev–Trinajstić information content (AvgIpc) is 3.11. The monoisotopic (exact) mass is 302 g/mol. The van der Waals surface area contributed by atoms with E-state index in [0.717, 1.165) is 11.4 Å². The Kier molecular flexibility index (Phi) is 3.81. The van der Waals surface area contributed by atoms with Crippen LogP contribution in [0.25, 0.3) is 0 Å². The number of carbonyl (C=O) groups excluding carboxylic acids is 1. The Morgan fingerprint density at radius 1 is 1.45 bits per heavy atom. The number of aryl methyl sites for hydroxylation is 2. The molecule has 0 bridgehead atoms. The van der Waals surface area contributed by atoms with Crippen LogP contribution >= 0.6 is 0 Å². The summed E-state index contributed by atoms with van der Waals surface area (Å²) in [6.07, 6.45) is 1.97. The minimum Gasteiger partial charge on any atom is -0.504 e. The Morgan fingerprint density at radius 3 is 3.00 bits per heavy atom. The number of pyridine rings is 1. The summed E-state index contributed by atoms with van der Waals surface area (Å²) >= 11 is 0. The first-order valence-electron chi connectivity index (χ1n) is 7.13. The van der Waals surface area contributed by atoms with Crippen LogP contribution in [-0.4, -0.2) is 32.4 Å². The van der Waals surface area contributed by atoms with Gasteiger partial charge in [-0.2, -0.15) is 5.10 Å². The smallest absolute Gasteiger partial charge is 0.231 e. The number of nitrogens with zero attached hydrogens (tertiary/aromatic N) is 3. The summed E-state index contributed by atoms with van der Waals surface area (Å²) in [7, 11) is 1.82. The summed E-state index contributed by atoms with van der Waals surface area (Å²) in [5.74, 6) is -0.412. The maximum Gasteiger partial charge on any atom is 0.231 e. The zero-order valence-corrected chi connectivity index (χ0v) is 12.5. The van der Waals surface area contributed by atoms with E-state index in [0.29, 0.717) is 13.0 Å². The minimum atomic E-state index is -0.336. The van der Waals surface area contributed by atoms with E-state index < -0.39 is 0 Å². The van der Waals surface area contributed by atoms with Gasteiger partial charge in [-0.3, -0.25) is 9.48 Å². The molecule has 2 aromatic rings. The summed E-state index contributed by atoms with van der Waals surface area (Å²) in [6, 6.07) is 5.04. The fourth-order valence-corrected chi connectivity index (χ4v) is 2.66. The van der Waals surface area contributed by atoms with Gasteiger partial charge in [0.15, 0.2) is 11.6 Å². The van der Waals surface area contributed by atoms with Crippen molar-refractivity contribution in [3.05, 3.63) is 35.8 Å². The zero-order valence-electron chi connectivity index (χ0n) is 12.5. The van der Waals surface area contributed by atoms with Crippen molar-refractivity contribution < 1.29 is 14.6 Å². The molecule has 22 heavy (non-hydrogen) atoms. The number of aromatic nitrogens is 3. The number of aromatic hydroxyl groups is 1. The van der Waals surface area contributed by atoms with Gasteiger partial charge >= 0.3 is 0 Å². The predicted octanol–water partition coefficient (Wildman–Crippen LogP) is 1.55. The third-order valence-electron chi connectivity index (χ3n) is 3.83. The Labute approximate surface area is 127 Å². The van der Waals surface area contributed by atoms with Crippen LogP contribution < -0.4 is 5.32 Å². The molecule has 1 aliphatic rings. The number of anilines is 1. The lowest BCUT2D eigenvalue weighted by Crippen LogP contribution is -2.26. The summed E-state index contributed by atoms with van der Waals surface area (Å²) in [5, 5.41) is 16.6. The van der Waals surface area contributed by atoms with E-state index in [4.69, 9.17) is 4.74 Å². The number of hydrogen-bond donors (Lipinski definition) is 2. The Bertz CT molecular complexity index is 698. The van der Waals surface area contributed by atoms with E-state index in [1.165, 1.54) is 6.07 Å². The van der Waals surface area contributed by atoms with Gasteiger partial charge in [0.25, 0.3) is 0 Å². The quantitative estimate of drug-likeness (QED) is 0.898. The van der Waals surface area contributed by atoms with Crippen LogP contribution in [0.15, 0.2) is 24.4 Å². The summed E-state index contributed by atoms with van der Waals surface area (Å²) < 4.78 is 7.41. The van der Waals surface area contributed by atoms with Crippen LogP contribution in [-0.2, 0) is 16.6 Å². The average molecular weight is 302 g/mol. The van der Waals surface area contributed by atoms with Crippen molar-refractivity contribution in [2.24, 2.45) is 13.0 Å². The van der Waals surface area contributed by atoms with E-state index in [9.17, 15) is 9.90 Å². The van der Waals surface area contributed by atoms with Crippen molar-refractivity contribution in [2.45, 2.75) is 19.4 Å². The zero-order chi connectivity index (χ0) is 15.7. The third-order valence-corrected chi connectivity index (χ3v) is 3.83. The molecule has 0 unspecified atom stereocenters. The lowest BCUT2D eigenvalue weighted by atomic mass is 9.98. The molecule has 0 aliphatic carbocycles. The highest BCUT2D eigenvalue weighted by Gasteiger charge is 2.37. The van der Waals surface area contributed by atoms with E-state index in [1.54, 1.807) is 23.9 Å². The molecule has 1 fully saturated rings. The first kappa shape index (κ1) is 14.5. The molecule has 2 atom stereocenters. The molecule has 7 nitrogen and oxygen atoms in total. The van der Waals surface area contributed by atoms with E-state index >= 15 is 0 Å². The van der Waals surface area contributed by atoms with Crippen LogP contribution in [0.4, 0.5) is 5.82 Å². The first-order valence-corrected chi connectivity index (χ1v) is 7.13. The molecule has 3 rings (SSSR count). The summed E-state index contributed by atoms with van der Waals surface area (Å²) in [6.45, 7) is 2.31. The van der Waals surface area contributed by atoms with Gasteiger partial charge in [-0.05, 0) is 31.5 Å². The normalized spacial score (nSPS) is 21.0. The third kappa shape index (κ3) is 2.67. The number of ether oxygens (including phenoxy) is 1. The van der Waals surface area contributed by atoms with E-state index in [-0.39, 0.29) is 29.5 Å². The number of amides is 1. The summed E-state index contributed by atoms with van der Waals surface area (Å²) in [5.41, 5.74) is 1.58. The van der Waals surface area contributed by atoms with Crippen molar-refractivity contribution in [3.63, 3.8) is 0 Å². The number of carbonyl (C=O) groups is 1. The first-order chi connectivity index (χ1) is 10.6. The van der Waals surface area contributed by atoms with Crippen LogP contribution in [0.3, 0.4) is 0 Å². The maximum atomic E-state index is 12.5. The van der Waals surface area contributed by atoms with Crippen molar-refractivity contribution in [2.75, 3.05) is 11.9 Å². The van der Waals surface area contributed by atoms with Crippen LogP contribution in [0.2, 0.25) is 0 Å². The SMILES string of the molecule is Cc1ccc(O)c(NC(=O)[C@@H]2CCO[C@H]2c2ccnn2C)n1. The lowest BCUT2D eigenvalue weighted by Gasteiger charge is -2.18. The number of nitrogens with one attached hydrogen (secondary N) is 1. The van der Waals surface area contributed by atoms with Gasteiger partial charge in [0.2, 0.25) is 5.91 Å². The molecule has 1 aliphatic heterocycles. The molecule has 0 radical (unpaired) electrons. The molecule has 0 saturated carbocycles. The molecule has 116 valence electrons. The van der Waals surface area contributed by atoms with Crippen LogP contribution in [0, 0.1) is 12.8 Å². The molecule has 2 aromatic heterocycles. The molecule has 0 aromatic carbocycles. The summed E-state index contributed by atoms with van der Waals surface area (Å²) in [4.78, 5) is 16.7. The topological polar surface area (TPSA) is 89.3 Å². The van der Waals surface area contributed by atoms with Crippen molar-refractivity contribution in [3.8, 4) is 5.75 Å². The van der Waals surface area contributed by atoms with Gasteiger partial charge in [-0.25, -0.2) is 4.98 Å². The molecule has 7 heteroatoms. The highest BCUT2D eigenvalue weighted by Crippen LogP contribution is 2.35. The van der Waals surface area contributed by atoms with Crippen molar-refractivity contribution >= 4 is 11.7 Å². The predicted molar refractivity (Wildman–Crippen MR) is 79.3 cm³/mol. The maximum absolute atomic E-state index is 12.5.